The molecule has 0 atom stereocenters. The lowest BCUT2D eigenvalue weighted by Gasteiger charge is -2.15. The fraction of sp³-hybridized carbons (Fsp3) is 0.900. The molecule has 0 spiro atoms. The maximum absolute atomic E-state index is 4.20. The summed E-state index contributed by atoms with van der Waals surface area (Å²) in [5, 5.41) is 0. The third-order valence-electron chi connectivity index (χ3n) is 1.53. The molecule has 1 radical (unpaired) electrons. The van der Waals surface area contributed by atoms with Crippen LogP contribution in [0.15, 0.2) is 4.99 Å². The van der Waals surface area contributed by atoms with Crippen LogP contribution in [0.2, 0.25) is 0 Å². The SMILES string of the molecule is CCC/N=[C]/N(CCC)CCC. The second-order valence-electron chi connectivity index (χ2n) is 2.97. The molecule has 0 aromatic heterocycles. The van der Waals surface area contributed by atoms with Gasteiger partial charge in [-0.1, -0.05) is 20.8 Å². The summed E-state index contributed by atoms with van der Waals surface area (Å²) in [4.78, 5) is 6.38. The van der Waals surface area contributed by atoms with E-state index >= 15 is 0 Å². The Labute approximate surface area is 76.7 Å². The van der Waals surface area contributed by atoms with Crippen molar-refractivity contribution in [1.29, 1.82) is 0 Å². The Morgan fingerprint density at radius 2 is 1.58 bits per heavy atom. The van der Waals surface area contributed by atoms with Crippen molar-refractivity contribution in [2.24, 2.45) is 4.99 Å². The number of hydrogen-bond acceptors (Lipinski definition) is 1. The van der Waals surface area contributed by atoms with Gasteiger partial charge in [-0.05, 0) is 19.3 Å². The highest BCUT2D eigenvalue weighted by Crippen LogP contribution is 1.90. The number of nitrogens with zero attached hydrogens (tertiary/aromatic N) is 2. The molecule has 71 valence electrons. The van der Waals surface area contributed by atoms with Crippen molar-refractivity contribution in [3.8, 4) is 0 Å². The second-order valence-corrected chi connectivity index (χ2v) is 2.97. The van der Waals surface area contributed by atoms with E-state index < -0.39 is 0 Å². The first-order valence-electron chi connectivity index (χ1n) is 5.02. The average molecular weight is 169 g/mol. The molecule has 2 nitrogen and oxygen atoms in total. The van der Waals surface area contributed by atoms with Crippen LogP contribution in [-0.2, 0) is 0 Å². The largest absolute Gasteiger partial charge is 0.354 e. The minimum atomic E-state index is 0.907. The molecule has 2 heteroatoms. The van der Waals surface area contributed by atoms with Gasteiger partial charge >= 0.3 is 0 Å². The van der Waals surface area contributed by atoms with E-state index in [9.17, 15) is 0 Å². The Hall–Kier alpha value is -0.530. The van der Waals surface area contributed by atoms with Crippen molar-refractivity contribution in [1.82, 2.24) is 4.90 Å². The summed E-state index contributed by atoms with van der Waals surface area (Å²) in [5.41, 5.74) is 0. The first-order valence-corrected chi connectivity index (χ1v) is 5.02. The molecule has 0 fully saturated rings. The van der Waals surface area contributed by atoms with Gasteiger partial charge in [0.2, 0.25) is 0 Å². The molecule has 0 heterocycles. The third-order valence-corrected chi connectivity index (χ3v) is 1.53. The molecule has 0 saturated carbocycles. The second kappa shape index (κ2) is 8.57. The molecule has 0 aliphatic rings. The summed E-state index contributed by atoms with van der Waals surface area (Å²) in [7, 11) is 0. The first-order chi connectivity index (χ1) is 5.85. The van der Waals surface area contributed by atoms with Crippen molar-refractivity contribution in [3.63, 3.8) is 0 Å². The van der Waals surface area contributed by atoms with Crippen LogP contribution in [0.1, 0.15) is 40.0 Å². The summed E-state index contributed by atoms with van der Waals surface area (Å²) in [5.74, 6) is 0. The average Bonchev–Trinajstić information content (AvgIpc) is 2.06. The van der Waals surface area contributed by atoms with Crippen LogP contribution in [0, 0.1) is 0 Å². The summed E-state index contributed by atoms with van der Waals surface area (Å²) in [6.07, 6.45) is 6.54. The molecule has 0 aliphatic heterocycles. The lowest BCUT2D eigenvalue weighted by Crippen LogP contribution is -2.23. The molecule has 0 rings (SSSR count). The van der Waals surface area contributed by atoms with E-state index in [2.05, 4.69) is 37.0 Å². The minimum Gasteiger partial charge on any atom is -0.354 e. The summed E-state index contributed by atoms with van der Waals surface area (Å²) in [6, 6.07) is 0. The number of rotatable bonds is 7. The molecule has 0 aromatic rings. The van der Waals surface area contributed by atoms with E-state index in [-0.39, 0.29) is 0 Å². The lowest BCUT2D eigenvalue weighted by molar-refractivity contribution is 0.427. The fourth-order valence-electron chi connectivity index (χ4n) is 1.01. The highest BCUT2D eigenvalue weighted by molar-refractivity contribution is 5.54. The van der Waals surface area contributed by atoms with Crippen LogP contribution in [0.3, 0.4) is 0 Å². The maximum Gasteiger partial charge on any atom is 0.166 e. The zero-order valence-corrected chi connectivity index (χ0v) is 8.64. The van der Waals surface area contributed by atoms with Gasteiger partial charge in [-0.25, -0.2) is 0 Å². The molecule has 0 aromatic carbocycles. The van der Waals surface area contributed by atoms with Gasteiger partial charge < -0.3 is 4.90 Å². The zero-order valence-electron chi connectivity index (χ0n) is 8.64. The van der Waals surface area contributed by atoms with Crippen LogP contribution in [-0.4, -0.2) is 30.9 Å². The van der Waals surface area contributed by atoms with Gasteiger partial charge in [0.1, 0.15) is 0 Å². The molecular formula is C10H21N2. The molecule has 0 aliphatic carbocycles. The lowest BCUT2D eigenvalue weighted by atomic mass is 10.4. The summed E-state index contributed by atoms with van der Waals surface area (Å²) < 4.78 is 0. The monoisotopic (exact) mass is 169 g/mol. The molecule has 0 bridgehead atoms. The highest BCUT2D eigenvalue weighted by Gasteiger charge is 1.95. The van der Waals surface area contributed by atoms with E-state index in [0.29, 0.717) is 0 Å². The molecule has 0 N–H and O–H groups in total. The standard InChI is InChI=1S/C10H21N2/c1-4-7-11-10-12(8-5-2)9-6-3/h4-9H2,1-3H3. The van der Waals surface area contributed by atoms with Gasteiger partial charge in [0.05, 0.1) is 0 Å². The predicted molar refractivity (Wildman–Crippen MR) is 54.7 cm³/mol. The van der Waals surface area contributed by atoms with E-state index in [1.165, 1.54) is 12.8 Å². The first kappa shape index (κ1) is 11.5. The van der Waals surface area contributed by atoms with Gasteiger partial charge in [-0.2, -0.15) is 0 Å². The van der Waals surface area contributed by atoms with Crippen molar-refractivity contribution in [2.75, 3.05) is 19.6 Å². The van der Waals surface area contributed by atoms with Gasteiger partial charge in [0.25, 0.3) is 0 Å². The predicted octanol–water partition coefficient (Wildman–Crippen LogP) is 2.42. The quantitative estimate of drug-likeness (QED) is 0.325. The van der Waals surface area contributed by atoms with Crippen LogP contribution < -0.4 is 0 Å². The van der Waals surface area contributed by atoms with E-state index in [1.807, 2.05) is 0 Å². The van der Waals surface area contributed by atoms with Crippen molar-refractivity contribution in [2.45, 2.75) is 40.0 Å². The third kappa shape index (κ3) is 6.20. The topological polar surface area (TPSA) is 15.6 Å². The molecule has 0 saturated heterocycles. The Kier molecular flexibility index (Phi) is 8.19. The van der Waals surface area contributed by atoms with Crippen molar-refractivity contribution >= 4 is 6.34 Å². The van der Waals surface area contributed by atoms with Crippen LogP contribution in [0.5, 0.6) is 0 Å². The fourth-order valence-corrected chi connectivity index (χ4v) is 1.01. The Morgan fingerprint density at radius 3 is 2.00 bits per heavy atom. The molecule has 0 unspecified atom stereocenters. The maximum atomic E-state index is 4.20. The van der Waals surface area contributed by atoms with E-state index in [4.69, 9.17) is 0 Å². The van der Waals surface area contributed by atoms with Gasteiger partial charge in [-0.15, -0.1) is 0 Å². The smallest absolute Gasteiger partial charge is 0.166 e. The number of hydrogen-bond donors (Lipinski definition) is 0. The van der Waals surface area contributed by atoms with Gasteiger partial charge in [0, 0.05) is 19.6 Å². The van der Waals surface area contributed by atoms with Crippen molar-refractivity contribution in [3.05, 3.63) is 0 Å². The Bertz CT molecular complexity index is 104. The van der Waals surface area contributed by atoms with Gasteiger partial charge in [0.15, 0.2) is 6.34 Å². The highest BCUT2D eigenvalue weighted by atomic mass is 15.1. The Morgan fingerprint density at radius 1 is 1.00 bits per heavy atom. The number of aliphatic imine (C=N–C) groups is 1. The molecular weight excluding hydrogens is 148 g/mol. The Balaban J connectivity index is 3.60. The van der Waals surface area contributed by atoms with E-state index in [0.717, 1.165) is 26.1 Å². The normalized spacial score (nSPS) is 10.9. The van der Waals surface area contributed by atoms with Crippen LogP contribution in [0.4, 0.5) is 0 Å². The summed E-state index contributed by atoms with van der Waals surface area (Å²) >= 11 is 0. The van der Waals surface area contributed by atoms with Gasteiger partial charge in [-0.3, -0.25) is 4.99 Å². The minimum absolute atomic E-state index is 0.907. The van der Waals surface area contributed by atoms with Crippen LogP contribution in [0.25, 0.3) is 0 Å². The molecule has 0 amide bonds. The molecule has 12 heavy (non-hydrogen) atoms. The zero-order chi connectivity index (χ0) is 9.23. The van der Waals surface area contributed by atoms with Crippen molar-refractivity contribution < 1.29 is 0 Å². The van der Waals surface area contributed by atoms with E-state index in [1.54, 1.807) is 0 Å². The van der Waals surface area contributed by atoms with Crippen LogP contribution >= 0.6 is 0 Å². The summed E-state index contributed by atoms with van der Waals surface area (Å²) in [6.45, 7) is 9.58.